The largest absolute Gasteiger partial charge is 0.0610 e. The number of hydrogen-bond donors (Lipinski definition) is 0. The monoisotopic (exact) mass is 646 g/mol. The van der Waals surface area contributed by atoms with E-state index in [0.29, 0.717) is 52.7 Å². The molecule has 2 heteroatoms. The molecule has 0 spiro atoms. The van der Waals surface area contributed by atoms with Gasteiger partial charge in [0.05, 0.1) is 0 Å². The molecule has 242 valence electrons. The Kier molecular flexibility index (Phi) is 10.8. The van der Waals surface area contributed by atoms with Gasteiger partial charge in [0, 0.05) is 0 Å². The lowest BCUT2D eigenvalue weighted by Gasteiger charge is -2.24. The lowest BCUT2D eigenvalue weighted by atomic mass is 9.89. The summed E-state index contributed by atoms with van der Waals surface area (Å²) in [7, 11) is 1.26. The third-order valence-electron chi connectivity index (χ3n) is 9.66. The first kappa shape index (κ1) is 34.8. The topological polar surface area (TPSA) is 0 Å². The van der Waals surface area contributed by atoms with E-state index in [4.69, 9.17) is 0 Å². The second-order valence-electron chi connectivity index (χ2n) is 15.2. The Balaban J connectivity index is 1.69. The van der Waals surface area contributed by atoms with Crippen molar-refractivity contribution in [1.82, 2.24) is 0 Å². The maximum absolute atomic E-state index is 2.54. The maximum Gasteiger partial charge on any atom is -0.00997 e. The summed E-state index contributed by atoms with van der Waals surface area (Å²) in [6.45, 7) is 28.2. The average Bonchev–Trinajstić information content (AvgIpc) is 2.99. The van der Waals surface area contributed by atoms with Crippen LogP contribution in [0.1, 0.15) is 152 Å². The Bertz CT molecular complexity index is 1660. The molecule has 5 rings (SSSR count). The first-order valence-electron chi connectivity index (χ1n) is 17.6. The van der Waals surface area contributed by atoms with E-state index in [-0.39, 0.29) is 0 Å². The highest BCUT2D eigenvalue weighted by molar-refractivity contribution is 7.56. The summed E-state index contributed by atoms with van der Waals surface area (Å²) in [5.74, 6) is 3.04. The summed E-state index contributed by atoms with van der Waals surface area (Å²) in [4.78, 5) is 0. The minimum atomic E-state index is 0.495. The molecule has 5 aromatic rings. The molecule has 0 fully saturated rings. The van der Waals surface area contributed by atoms with Crippen LogP contribution < -0.4 is 21.2 Å². The van der Waals surface area contributed by atoms with Crippen molar-refractivity contribution in [1.29, 1.82) is 0 Å². The van der Waals surface area contributed by atoms with Crippen LogP contribution in [-0.4, -0.2) is 0 Å². The van der Waals surface area contributed by atoms with E-state index in [9.17, 15) is 0 Å². The van der Waals surface area contributed by atoms with Gasteiger partial charge in [0.2, 0.25) is 0 Å². The highest BCUT2D eigenvalue weighted by Gasteiger charge is 2.21. The Morgan fingerprint density at radius 1 is 0.370 bits per heavy atom. The molecule has 0 N–H and O–H groups in total. The van der Waals surface area contributed by atoms with Crippen molar-refractivity contribution in [3.05, 3.63) is 106 Å². The molecule has 0 heterocycles. The van der Waals surface area contributed by atoms with Crippen LogP contribution in [-0.2, 0) is 0 Å². The predicted molar refractivity (Wildman–Crippen MR) is 214 cm³/mol. The summed E-state index contributed by atoms with van der Waals surface area (Å²) in [5, 5.41) is 11.6. The van der Waals surface area contributed by atoms with E-state index in [2.05, 4.69) is 156 Å². The molecular formula is C44H56P2. The van der Waals surface area contributed by atoms with Crippen molar-refractivity contribution >= 4 is 59.9 Å². The quantitative estimate of drug-likeness (QED) is 0.105. The molecule has 0 bridgehead atoms. The first-order chi connectivity index (χ1) is 21.8. The van der Waals surface area contributed by atoms with Crippen LogP contribution >= 0.6 is 17.2 Å². The fourth-order valence-electron chi connectivity index (χ4n) is 6.74. The van der Waals surface area contributed by atoms with Crippen molar-refractivity contribution in [2.45, 2.75) is 119 Å². The van der Waals surface area contributed by atoms with E-state index in [1.807, 2.05) is 0 Å². The molecule has 0 radical (unpaired) electrons. The van der Waals surface area contributed by atoms with Crippen LogP contribution in [0.5, 0.6) is 0 Å². The SMILES string of the molecule is CC(C)c1cc(C(C)C)c(Pc2cccc3cc4cccc(Pc5c(C(C)C)cc(C(C)C)cc5C(C)C)c4cc23)c(C(C)C)c1. The normalized spacial score (nSPS) is 12.9. The van der Waals surface area contributed by atoms with Gasteiger partial charge in [-0.2, -0.15) is 0 Å². The van der Waals surface area contributed by atoms with Gasteiger partial charge in [-0.05, 0) is 124 Å². The highest BCUT2D eigenvalue weighted by atomic mass is 31.1. The molecule has 0 amide bonds. The van der Waals surface area contributed by atoms with Crippen LogP contribution in [0.2, 0.25) is 0 Å². The fourth-order valence-corrected chi connectivity index (χ4v) is 10.4. The van der Waals surface area contributed by atoms with Crippen LogP contribution in [0.15, 0.2) is 72.8 Å². The number of fused-ring (bicyclic) bond motifs is 2. The van der Waals surface area contributed by atoms with E-state index in [1.165, 1.54) is 65.5 Å². The lowest BCUT2D eigenvalue weighted by Crippen LogP contribution is -2.19. The fraction of sp³-hybridized carbons (Fsp3) is 0.409. The third kappa shape index (κ3) is 7.15. The van der Waals surface area contributed by atoms with Gasteiger partial charge in [-0.25, -0.2) is 0 Å². The average molecular weight is 647 g/mol. The Labute approximate surface area is 283 Å². The summed E-state index contributed by atoms with van der Waals surface area (Å²) < 4.78 is 0. The molecule has 2 atom stereocenters. The molecule has 2 unspecified atom stereocenters. The molecule has 0 aliphatic heterocycles. The number of hydrogen-bond acceptors (Lipinski definition) is 0. The zero-order chi connectivity index (χ0) is 33.4. The molecular weight excluding hydrogens is 590 g/mol. The van der Waals surface area contributed by atoms with Gasteiger partial charge < -0.3 is 0 Å². The minimum absolute atomic E-state index is 0.495. The van der Waals surface area contributed by atoms with E-state index in [1.54, 1.807) is 10.6 Å². The van der Waals surface area contributed by atoms with Crippen molar-refractivity contribution in [3.63, 3.8) is 0 Å². The molecule has 0 saturated carbocycles. The van der Waals surface area contributed by atoms with Crippen LogP contribution in [0.25, 0.3) is 21.5 Å². The Morgan fingerprint density at radius 3 is 0.978 bits per heavy atom. The van der Waals surface area contributed by atoms with Gasteiger partial charge in [-0.15, -0.1) is 0 Å². The van der Waals surface area contributed by atoms with Gasteiger partial charge >= 0.3 is 0 Å². The number of benzene rings is 5. The van der Waals surface area contributed by atoms with Gasteiger partial charge in [0.1, 0.15) is 0 Å². The first-order valence-corrected chi connectivity index (χ1v) is 19.6. The van der Waals surface area contributed by atoms with Crippen molar-refractivity contribution in [2.75, 3.05) is 0 Å². The summed E-state index contributed by atoms with van der Waals surface area (Å²) >= 11 is 0. The van der Waals surface area contributed by atoms with E-state index < -0.39 is 0 Å². The molecule has 0 aliphatic rings. The minimum Gasteiger partial charge on any atom is -0.0610 e. The van der Waals surface area contributed by atoms with E-state index in [0.717, 1.165) is 0 Å². The zero-order valence-corrected chi connectivity index (χ0v) is 32.4. The molecule has 0 saturated heterocycles. The van der Waals surface area contributed by atoms with Crippen LogP contribution in [0.4, 0.5) is 0 Å². The summed E-state index contributed by atoms with van der Waals surface area (Å²) in [6, 6.07) is 28.9. The highest BCUT2D eigenvalue weighted by Crippen LogP contribution is 2.35. The van der Waals surface area contributed by atoms with Crippen molar-refractivity contribution < 1.29 is 0 Å². The predicted octanol–water partition coefficient (Wildman–Crippen LogP) is 12.0. The standard InChI is InChI=1S/C44H56P2/c1-25(2)33-20-35(27(5)6)43(36(21-33)28(7)8)45-41-17-13-15-31-19-32-16-14-18-42(40(32)24-39(31)41)46-44-37(29(9)10)22-34(26(3)4)23-38(44)30(11)12/h13-30,45-46H,1-12H3. The zero-order valence-electron chi connectivity index (χ0n) is 30.4. The second-order valence-corrected chi connectivity index (χ2v) is 17.8. The molecule has 0 nitrogen and oxygen atoms in total. The van der Waals surface area contributed by atoms with Crippen molar-refractivity contribution in [2.24, 2.45) is 0 Å². The van der Waals surface area contributed by atoms with E-state index >= 15 is 0 Å². The Hall–Kier alpha value is -2.52. The molecule has 0 aliphatic carbocycles. The Morgan fingerprint density at radius 2 is 0.696 bits per heavy atom. The van der Waals surface area contributed by atoms with Crippen LogP contribution in [0, 0.1) is 0 Å². The number of rotatable bonds is 10. The van der Waals surface area contributed by atoms with Crippen LogP contribution in [0.3, 0.4) is 0 Å². The smallest absolute Gasteiger partial charge is 0.00997 e. The maximum atomic E-state index is 2.54. The second kappa shape index (κ2) is 14.3. The molecule has 0 aromatic heterocycles. The van der Waals surface area contributed by atoms with Gasteiger partial charge in [0.25, 0.3) is 0 Å². The van der Waals surface area contributed by atoms with Crippen molar-refractivity contribution in [3.8, 4) is 0 Å². The molecule has 5 aromatic carbocycles. The summed E-state index contributed by atoms with van der Waals surface area (Å²) in [5.41, 5.74) is 9.05. The summed E-state index contributed by atoms with van der Waals surface area (Å²) in [6.07, 6.45) is 0. The van der Waals surface area contributed by atoms with Gasteiger partial charge in [-0.1, -0.05) is 161 Å². The molecule has 46 heavy (non-hydrogen) atoms. The third-order valence-corrected chi connectivity index (χ3v) is 12.7. The van der Waals surface area contributed by atoms with Gasteiger partial charge in [0.15, 0.2) is 0 Å². The van der Waals surface area contributed by atoms with Gasteiger partial charge in [-0.3, -0.25) is 0 Å². The lowest BCUT2D eigenvalue weighted by molar-refractivity contribution is 0.813.